The molecule has 0 saturated heterocycles. The van der Waals surface area contributed by atoms with E-state index in [1.165, 1.54) is 12.1 Å². The van der Waals surface area contributed by atoms with Gasteiger partial charge in [0.25, 0.3) is 0 Å². The molecular weight excluding hydrogens is 241 g/mol. The summed E-state index contributed by atoms with van der Waals surface area (Å²) in [6.07, 6.45) is 0. The molecule has 0 amide bonds. The molecule has 1 heterocycles. The van der Waals surface area contributed by atoms with Gasteiger partial charge >= 0.3 is 0 Å². The molecule has 0 aliphatic heterocycles. The van der Waals surface area contributed by atoms with Gasteiger partial charge in [-0.05, 0) is 42.8 Å². The Morgan fingerprint density at radius 3 is 2.84 bits per heavy atom. The van der Waals surface area contributed by atoms with Gasteiger partial charge in [0.15, 0.2) is 0 Å². The lowest BCUT2D eigenvalue weighted by Gasteiger charge is -2.01. The van der Waals surface area contributed by atoms with E-state index in [1.54, 1.807) is 24.3 Å². The minimum absolute atomic E-state index is 0.293. The molecule has 0 atom stereocenters. The summed E-state index contributed by atoms with van der Waals surface area (Å²) < 4.78 is 13.3. The van der Waals surface area contributed by atoms with Gasteiger partial charge in [0.05, 0.1) is 22.7 Å². The summed E-state index contributed by atoms with van der Waals surface area (Å²) in [5.74, 6) is 0.320. The van der Waals surface area contributed by atoms with Crippen molar-refractivity contribution in [2.24, 2.45) is 0 Å². The van der Waals surface area contributed by atoms with Crippen LogP contribution in [0, 0.1) is 24.1 Å². The molecule has 3 rings (SSSR count). The second-order valence-corrected chi connectivity index (χ2v) is 4.39. The maximum absolute atomic E-state index is 13.3. The Hall–Kier alpha value is -2.67. The fourth-order valence-corrected chi connectivity index (χ4v) is 2.06. The molecule has 3 nitrogen and oxygen atoms in total. The van der Waals surface area contributed by atoms with Crippen molar-refractivity contribution in [3.05, 3.63) is 53.3 Å². The van der Waals surface area contributed by atoms with Gasteiger partial charge in [0.1, 0.15) is 11.6 Å². The molecule has 92 valence electrons. The van der Waals surface area contributed by atoms with Crippen molar-refractivity contribution in [2.45, 2.75) is 6.92 Å². The SMILES string of the molecule is Cc1ccc(F)cc1-c1nc2ccc(C#N)cc2[nH]1. The van der Waals surface area contributed by atoms with Gasteiger partial charge in [-0.1, -0.05) is 6.07 Å². The number of hydrogen-bond acceptors (Lipinski definition) is 2. The molecule has 2 aromatic carbocycles. The molecular formula is C15H10FN3. The number of aromatic amines is 1. The Morgan fingerprint density at radius 1 is 1.21 bits per heavy atom. The summed E-state index contributed by atoms with van der Waals surface area (Å²) in [4.78, 5) is 7.55. The Balaban J connectivity index is 2.21. The van der Waals surface area contributed by atoms with E-state index in [2.05, 4.69) is 16.0 Å². The van der Waals surface area contributed by atoms with Crippen LogP contribution in [0.15, 0.2) is 36.4 Å². The number of halogens is 1. The van der Waals surface area contributed by atoms with E-state index >= 15 is 0 Å². The van der Waals surface area contributed by atoms with Gasteiger partial charge in [-0.3, -0.25) is 0 Å². The summed E-state index contributed by atoms with van der Waals surface area (Å²) in [7, 11) is 0. The fourth-order valence-electron chi connectivity index (χ4n) is 2.06. The van der Waals surface area contributed by atoms with Crippen LogP contribution in [-0.2, 0) is 0 Å². The number of imidazole rings is 1. The van der Waals surface area contributed by atoms with Crippen molar-refractivity contribution in [1.29, 1.82) is 5.26 Å². The third-order valence-corrected chi connectivity index (χ3v) is 3.07. The number of fused-ring (bicyclic) bond motifs is 1. The van der Waals surface area contributed by atoms with Crippen LogP contribution in [0.1, 0.15) is 11.1 Å². The molecule has 0 spiro atoms. The Labute approximate surface area is 109 Å². The number of benzene rings is 2. The van der Waals surface area contributed by atoms with E-state index in [1.807, 2.05) is 6.92 Å². The van der Waals surface area contributed by atoms with Crippen molar-refractivity contribution in [1.82, 2.24) is 9.97 Å². The third kappa shape index (κ3) is 1.95. The zero-order valence-corrected chi connectivity index (χ0v) is 10.2. The Kier molecular flexibility index (Phi) is 2.53. The smallest absolute Gasteiger partial charge is 0.138 e. The molecule has 0 unspecified atom stereocenters. The van der Waals surface area contributed by atoms with Crippen LogP contribution >= 0.6 is 0 Å². The van der Waals surface area contributed by atoms with Crippen LogP contribution in [0.4, 0.5) is 4.39 Å². The van der Waals surface area contributed by atoms with Gasteiger partial charge in [-0.15, -0.1) is 0 Å². The van der Waals surface area contributed by atoms with Crippen LogP contribution < -0.4 is 0 Å². The standard InChI is InChI=1S/C15H10FN3/c1-9-2-4-11(16)7-12(9)15-18-13-5-3-10(8-17)6-14(13)19-15/h2-7H,1H3,(H,18,19). The number of nitrogens with zero attached hydrogens (tertiary/aromatic N) is 2. The highest BCUT2D eigenvalue weighted by Crippen LogP contribution is 2.24. The summed E-state index contributed by atoms with van der Waals surface area (Å²) in [5.41, 5.74) is 3.78. The zero-order chi connectivity index (χ0) is 13.4. The predicted molar refractivity (Wildman–Crippen MR) is 70.9 cm³/mol. The van der Waals surface area contributed by atoms with Gasteiger partial charge < -0.3 is 4.98 Å². The summed E-state index contributed by atoms with van der Waals surface area (Å²) in [6, 6.07) is 11.9. The van der Waals surface area contributed by atoms with Gasteiger partial charge in [0, 0.05) is 5.56 Å². The average Bonchev–Trinajstić information content (AvgIpc) is 2.83. The van der Waals surface area contributed by atoms with Crippen molar-refractivity contribution >= 4 is 11.0 Å². The van der Waals surface area contributed by atoms with E-state index in [0.717, 1.165) is 22.2 Å². The molecule has 0 aliphatic carbocycles. The molecule has 0 aliphatic rings. The van der Waals surface area contributed by atoms with Crippen molar-refractivity contribution < 1.29 is 4.39 Å². The molecule has 19 heavy (non-hydrogen) atoms. The largest absolute Gasteiger partial charge is 0.338 e. The normalized spacial score (nSPS) is 10.6. The molecule has 1 N–H and O–H groups in total. The second kappa shape index (κ2) is 4.21. The maximum Gasteiger partial charge on any atom is 0.138 e. The molecule has 1 aromatic heterocycles. The van der Waals surface area contributed by atoms with E-state index in [-0.39, 0.29) is 5.82 Å². The monoisotopic (exact) mass is 251 g/mol. The van der Waals surface area contributed by atoms with Gasteiger partial charge in [-0.25, -0.2) is 9.37 Å². The van der Waals surface area contributed by atoms with Crippen molar-refractivity contribution in [3.8, 4) is 17.5 Å². The van der Waals surface area contributed by atoms with Crippen LogP contribution in [0.5, 0.6) is 0 Å². The number of nitrogens with one attached hydrogen (secondary N) is 1. The van der Waals surface area contributed by atoms with Gasteiger partial charge in [0.2, 0.25) is 0 Å². The van der Waals surface area contributed by atoms with Crippen molar-refractivity contribution in [3.63, 3.8) is 0 Å². The Bertz CT molecular complexity index is 812. The van der Waals surface area contributed by atoms with Crippen LogP contribution in [-0.4, -0.2) is 9.97 Å². The highest BCUT2D eigenvalue weighted by molar-refractivity contribution is 5.81. The predicted octanol–water partition coefficient (Wildman–Crippen LogP) is 3.55. The quantitative estimate of drug-likeness (QED) is 0.719. The summed E-state index contributed by atoms with van der Waals surface area (Å²) in [6.45, 7) is 1.91. The topological polar surface area (TPSA) is 52.5 Å². The Morgan fingerprint density at radius 2 is 2.05 bits per heavy atom. The summed E-state index contributed by atoms with van der Waals surface area (Å²) in [5, 5.41) is 8.87. The number of rotatable bonds is 1. The highest BCUT2D eigenvalue weighted by Gasteiger charge is 2.09. The number of nitriles is 1. The van der Waals surface area contributed by atoms with E-state index in [4.69, 9.17) is 5.26 Å². The number of hydrogen-bond donors (Lipinski definition) is 1. The number of aromatic nitrogens is 2. The molecule has 3 aromatic rings. The fraction of sp³-hybridized carbons (Fsp3) is 0.0667. The lowest BCUT2D eigenvalue weighted by Crippen LogP contribution is -1.87. The van der Waals surface area contributed by atoms with E-state index in [0.29, 0.717) is 11.4 Å². The van der Waals surface area contributed by atoms with E-state index in [9.17, 15) is 4.39 Å². The first-order chi connectivity index (χ1) is 9.17. The lowest BCUT2D eigenvalue weighted by molar-refractivity contribution is 0.628. The maximum atomic E-state index is 13.3. The van der Waals surface area contributed by atoms with Crippen LogP contribution in [0.3, 0.4) is 0 Å². The van der Waals surface area contributed by atoms with E-state index < -0.39 is 0 Å². The van der Waals surface area contributed by atoms with Gasteiger partial charge in [-0.2, -0.15) is 5.26 Å². The first-order valence-electron chi connectivity index (χ1n) is 5.84. The average molecular weight is 251 g/mol. The second-order valence-electron chi connectivity index (χ2n) is 4.39. The highest BCUT2D eigenvalue weighted by atomic mass is 19.1. The van der Waals surface area contributed by atoms with Crippen LogP contribution in [0.25, 0.3) is 22.4 Å². The number of aryl methyl sites for hydroxylation is 1. The summed E-state index contributed by atoms with van der Waals surface area (Å²) >= 11 is 0. The minimum Gasteiger partial charge on any atom is -0.338 e. The van der Waals surface area contributed by atoms with Crippen molar-refractivity contribution in [2.75, 3.05) is 0 Å². The molecule has 0 fully saturated rings. The first kappa shape index (κ1) is 11.4. The molecule has 0 radical (unpaired) electrons. The number of H-pyrrole nitrogens is 1. The molecule has 0 saturated carbocycles. The lowest BCUT2D eigenvalue weighted by atomic mass is 10.1. The van der Waals surface area contributed by atoms with Crippen LogP contribution in [0.2, 0.25) is 0 Å². The first-order valence-corrected chi connectivity index (χ1v) is 5.84. The minimum atomic E-state index is -0.293. The molecule has 0 bridgehead atoms. The third-order valence-electron chi connectivity index (χ3n) is 3.07. The molecule has 4 heteroatoms. The zero-order valence-electron chi connectivity index (χ0n) is 10.2.